The number of rotatable bonds is 3. The van der Waals surface area contributed by atoms with Crippen molar-refractivity contribution in [1.29, 1.82) is 0 Å². The molecule has 0 saturated carbocycles. The predicted octanol–water partition coefficient (Wildman–Crippen LogP) is -0.223. The molecule has 3 rings (SSSR count). The molecule has 0 amide bonds. The Morgan fingerprint density at radius 1 is 0.947 bits per heavy atom. The lowest BCUT2D eigenvalue weighted by Gasteiger charge is -2.31. The highest BCUT2D eigenvalue weighted by atomic mass is 15.3. The van der Waals surface area contributed by atoms with Crippen molar-refractivity contribution in [2.24, 2.45) is 0 Å². The summed E-state index contributed by atoms with van der Waals surface area (Å²) in [4.78, 5) is 16.8. The van der Waals surface area contributed by atoms with E-state index in [1.165, 1.54) is 5.69 Å². The van der Waals surface area contributed by atoms with Crippen LogP contribution in [0.3, 0.4) is 0 Å². The summed E-state index contributed by atoms with van der Waals surface area (Å²) < 4.78 is 0. The second-order valence-electron chi connectivity index (χ2n) is 4.78. The van der Waals surface area contributed by atoms with E-state index in [-0.39, 0.29) is 0 Å². The minimum atomic E-state index is 0.847. The molecule has 1 aliphatic rings. The summed E-state index contributed by atoms with van der Waals surface area (Å²) in [6.07, 6.45) is 5.47. The zero-order valence-electron chi connectivity index (χ0n) is 10.9. The van der Waals surface area contributed by atoms with Crippen molar-refractivity contribution in [3.63, 3.8) is 0 Å². The third kappa shape index (κ3) is 3.06. The highest BCUT2D eigenvalue weighted by Crippen LogP contribution is 2.04. The smallest absolute Gasteiger partial charge is 0.225 e. The molecule has 1 fully saturated rings. The minimum Gasteiger partial charge on any atom is -0.330 e. The lowest BCUT2D eigenvalue weighted by molar-refractivity contribution is -0.914. The minimum absolute atomic E-state index is 0.847. The average Bonchev–Trinajstić information content (AvgIpc) is 2.50. The van der Waals surface area contributed by atoms with E-state index in [1.54, 1.807) is 17.3 Å². The van der Waals surface area contributed by atoms with Gasteiger partial charge in [0.1, 0.15) is 6.54 Å². The first kappa shape index (κ1) is 12.0. The topological polar surface area (TPSA) is 46.4 Å². The molecular weight excluding hydrogens is 238 g/mol. The molecule has 5 heteroatoms. The Labute approximate surface area is 112 Å². The van der Waals surface area contributed by atoms with E-state index in [2.05, 4.69) is 32.0 Å². The summed E-state index contributed by atoms with van der Waals surface area (Å²) in [5, 5.41) is 0. The Kier molecular flexibility index (Phi) is 3.65. The third-order valence-electron chi connectivity index (χ3n) is 3.46. The van der Waals surface area contributed by atoms with Gasteiger partial charge in [0.15, 0.2) is 0 Å². The lowest BCUT2D eigenvalue weighted by atomic mass is 10.3. The molecule has 0 radical (unpaired) electrons. The summed E-state index contributed by atoms with van der Waals surface area (Å²) in [5.41, 5.74) is 1.17. The number of piperazine rings is 1. The molecule has 0 aliphatic carbocycles. The SMILES string of the molecule is c1ccc(C[NH+]2CCN(c3ncccn3)CC2)nc1. The van der Waals surface area contributed by atoms with Crippen LogP contribution in [0.15, 0.2) is 42.9 Å². The van der Waals surface area contributed by atoms with E-state index in [4.69, 9.17) is 0 Å². The van der Waals surface area contributed by atoms with E-state index in [9.17, 15) is 0 Å². The number of pyridine rings is 1. The Morgan fingerprint density at radius 3 is 2.37 bits per heavy atom. The predicted molar refractivity (Wildman–Crippen MR) is 72.9 cm³/mol. The maximum Gasteiger partial charge on any atom is 0.225 e. The molecule has 1 aliphatic heterocycles. The molecule has 3 heterocycles. The Bertz CT molecular complexity index is 494. The van der Waals surface area contributed by atoms with Gasteiger partial charge < -0.3 is 9.80 Å². The number of nitrogens with zero attached hydrogens (tertiary/aromatic N) is 4. The number of hydrogen-bond acceptors (Lipinski definition) is 4. The number of aromatic nitrogens is 3. The Morgan fingerprint density at radius 2 is 1.68 bits per heavy atom. The van der Waals surface area contributed by atoms with Gasteiger partial charge in [0.05, 0.1) is 31.9 Å². The average molecular weight is 256 g/mol. The quantitative estimate of drug-likeness (QED) is 0.824. The summed E-state index contributed by atoms with van der Waals surface area (Å²) in [6.45, 7) is 5.23. The molecule has 0 atom stereocenters. The van der Waals surface area contributed by atoms with Crippen LogP contribution in [-0.2, 0) is 6.54 Å². The molecule has 0 spiro atoms. The van der Waals surface area contributed by atoms with Gasteiger partial charge in [0.25, 0.3) is 0 Å². The molecular formula is C14H18N5+. The highest BCUT2D eigenvalue weighted by Gasteiger charge is 2.21. The zero-order valence-corrected chi connectivity index (χ0v) is 10.9. The first-order chi connectivity index (χ1) is 9.42. The summed E-state index contributed by atoms with van der Waals surface area (Å²) in [7, 11) is 0. The first-order valence-electron chi connectivity index (χ1n) is 6.67. The Balaban J connectivity index is 1.55. The van der Waals surface area contributed by atoms with Crippen LogP contribution in [0.4, 0.5) is 5.95 Å². The fourth-order valence-corrected chi connectivity index (χ4v) is 2.41. The summed E-state index contributed by atoms with van der Waals surface area (Å²) in [6, 6.07) is 7.96. The van der Waals surface area contributed by atoms with Crippen LogP contribution < -0.4 is 9.80 Å². The van der Waals surface area contributed by atoms with Crippen LogP contribution in [0, 0.1) is 0 Å². The second kappa shape index (κ2) is 5.75. The Hall–Kier alpha value is -2.01. The number of nitrogens with one attached hydrogen (secondary N) is 1. The van der Waals surface area contributed by atoms with Crippen molar-refractivity contribution < 1.29 is 4.90 Å². The molecule has 98 valence electrons. The van der Waals surface area contributed by atoms with Gasteiger partial charge >= 0.3 is 0 Å². The fourth-order valence-electron chi connectivity index (χ4n) is 2.41. The molecule has 5 nitrogen and oxygen atoms in total. The maximum absolute atomic E-state index is 4.39. The van der Waals surface area contributed by atoms with E-state index in [0.29, 0.717) is 0 Å². The molecule has 2 aromatic heterocycles. The standard InChI is InChI=1S/C14H17N5/c1-2-5-15-13(4-1)12-18-8-10-19(11-9-18)14-16-6-3-7-17-14/h1-7H,8-12H2/p+1. The van der Waals surface area contributed by atoms with Gasteiger partial charge in [-0.3, -0.25) is 4.98 Å². The van der Waals surface area contributed by atoms with Crippen molar-refractivity contribution in [2.45, 2.75) is 6.54 Å². The molecule has 1 saturated heterocycles. The van der Waals surface area contributed by atoms with Gasteiger partial charge in [-0.05, 0) is 18.2 Å². The molecule has 0 unspecified atom stereocenters. The molecule has 19 heavy (non-hydrogen) atoms. The van der Waals surface area contributed by atoms with Crippen LogP contribution in [0.5, 0.6) is 0 Å². The summed E-state index contributed by atoms with van der Waals surface area (Å²) >= 11 is 0. The monoisotopic (exact) mass is 256 g/mol. The number of quaternary nitrogens is 1. The van der Waals surface area contributed by atoms with E-state index in [1.807, 2.05) is 18.3 Å². The second-order valence-corrected chi connectivity index (χ2v) is 4.78. The molecule has 0 aromatic carbocycles. The normalized spacial score (nSPS) is 16.5. The van der Waals surface area contributed by atoms with Crippen LogP contribution in [0.1, 0.15) is 5.69 Å². The summed E-state index contributed by atoms with van der Waals surface area (Å²) in [5.74, 6) is 0.847. The lowest BCUT2D eigenvalue weighted by Crippen LogP contribution is -3.13. The third-order valence-corrected chi connectivity index (χ3v) is 3.46. The van der Waals surface area contributed by atoms with Crippen molar-refractivity contribution in [3.05, 3.63) is 48.5 Å². The number of anilines is 1. The largest absolute Gasteiger partial charge is 0.330 e. The maximum atomic E-state index is 4.39. The molecule has 0 bridgehead atoms. The van der Waals surface area contributed by atoms with Crippen LogP contribution in [-0.4, -0.2) is 41.1 Å². The van der Waals surface area contributed by atoms with Crippen molar-refractivity contribution in [1.82, 2.24) is 15.0 Å². The van der Waals surface area contributed by atoms with E-state index >= 15 is 0 Å². The van der Waals surface area contributed by atoms with Gasteiger partial charge in [-0.25, -0.2) is 9.97 Å². The van der Waals surface area contributed by atoms with E-state index < -0.39 is 0 Å². The first-order valence-corrected chi connectivity index (χ1v) is 6.67. The zero-order chi connectivity index (χ0) is 12.9. The van der Waals surface area contributed by atoms with Gasteiger partial charge in [0.2, 0.25) is 5.95 Å². The highest BCUT2D eigenvalue weighted by molar-refractivity contribution is 5.28. The molecule has 2 aromatic rings. The van der Waals surface area contributed by atoms with Gasteiger partial charge in [-0.2, -0.15) is 0 Å². The van der Waals surface area contributed by atoms with Gasteiger partial charge in [0, 0.05) is 18.6 Å². The molecule has 1 N–H and O–H groups in total. The fraction of sp³-hybridized carbons (Fsp3) is 0.357. The van der Waals surface area contributed by atoms with Gasteiger partial charge in [-0.1, -0.05) is 6.07 Å². The van der Waals surface area contributed by atoms with Crippen molar-refractivity contribution in [2.75, 3.05) is 31.1 Å². The van der Waals surface area contributed by atoms with Crippen LogP contribution in [0.25, 0.3) is 0 Å². The van der Waals surface area contributed by atoms with Crippen molar-refractivity contribution >= 4 is 5.95 Å². The van der Waals surface area contributed by atoms with Crippen LogP contribution >= 0.6 is 0 Å². The van der Waals surface area contributed by atoms with Crippen LogP contribution in [0.2, 0.25) is 0 Å². The van der Waals surface area contributed by atoms with Crippen molar-refractivity contribution in [3.8, 4) is 0 Å². The van der Waals surface area contributed by atoms with E-state index in [0.717, 1.165) is 38.7 Å². The number of hydrogen-bond donors (Lipinski definition) is 1. The van der Waals surface area contributed by atoms with Gasteiger partial charge in [-0.15, -0.1) is 0 Å².